The fourth-order valence-electron chi connectivity index (χ4n) is 6.91. The van der Waals surface area contributed by atoms with Crippen LogP contribution in [-0.2, 0) is 9.59 Å². The van der Waals surface area contributed by atoms with Crippen LogP contribution in [0.3, 0.4) is 0 Å². The first-order valence-electron chi connectivity index (χ1n) is 11.6. The van der Waals surface area contributed by atoms with E-state index in [1.165, 1.54) is 38.5 Å². The second-order valence-electron chi connectivity index (χ2n) is 11.2. The quantitative estimate of drug-likeness (QED) is 0.410. The molecule has 6 rings (SSSR count). The van der Waals surface area contributed by atoms with E-state index in [9.17, 15) is 9.59 Å². The number of halogens is 1. The van der Waals surface area contributed by atoms with Gasteiger partial charge in [0, 0.05) is 0 Å². The van der Waals surface area contributed by atoms with Gasteiger partial charge >= 0.3 is 5.97 Å². The largest absolute Gasteiger partial charge is 0.481 e. The predicted octanol–water partition coefficient (Wildman–Crippen LogP) is 6.43. The lowest BCUT2D eigenvalue weighted by Gasteiger charge is -2.60. The number of carbonyl (C=O) groups excluding carboxylic acids is 1. The number of carboxylic acids is 1. The standard InChI is InChI=1S/C12H19ClOS.C12H20O2S/c2*1-12(2)9-4-3-8(10(12)5-9)6-15-7-11(13)14/h8-10H,3-7H2,1-2H3;8-10H,3-7H2,1-2H3,(H,13,14)/t2*8-,9-,10-/m00/s1. The molecule has 172 valence electrons. The Morgan fingerprint density at radius 1 is 0.833 bits per heavy atom. The van der Waals surface area contributed by atoms with E-state index in [1.807, 2.05) is 0 Å². The maximum Gasteiger partial charge on any atom is 0.313 e. The van der Waals surface area contributed by atoms with Gasteiger partial charge in [0.15, 0.2) is 0 Å². The molecular formula is C24H39ClO3S2. The number of hydrogen-bond donors (Lipinski definition) is 1. The monoisotopic (exact) mass is 474 g/mol. The fourth-order valence-corrected chi connectivity index (χ4v) is 9.12. The minimum atomic E-state index is -0.679. The Balaban J connectivity index is 0.000000171. The highest BCUT2D eigenvalue weighted by molar-refractivity contribution is 8.00. The molecular weight excluding hydrogens is 436 g/mol. The molecule has 6 heteroatoms. The number of thioether (sulfide) groups is 2. The number of carbonyl (C=O) groups is 2. The Morgan fingerprint density at radius 3 is 1.60 bits per heavy atom. The highest BCUT2D eigenvalue weighted by Gasteiger charge is 2.54. The van der Waals surface area contributed by atoms with Crippen LogP contribution < -0.4 is 0 Å². The molecule has 6 fully saturated rings. The normalized spacial score (nSPS) is 37.1. The number of aliphatic carboxylic acids is 1. The molecule has 0 aromatic rings. The predicted molar refractivity (Wildman–Crippen MR) is 129 cm³/mol. The molecule has 6 saturated carbocycles. The molecule has 0 spiro atoms. The van der Waals surface area contributed by atoms with E-state index in [1.54, 1.807) is 23.5 Å². The molecule has 0 saturated heterocycles. The molecule has 0 heterocycles. The van der Waals surface area contributed by atoms with Crippen LogP contribution in [0.1, 0.15) is 66.2 Å². The number of fused-ring (bicyclic) bond motifs is 4. The maximum atomic E-state index is 10.6. The van der Waals surface area contributed by atoms with Crippen LogP contribution in [0.4, 0.5) is 0 Å². The van der Waals surface area contributed by atoms with E-state index in [0.717, 1.165) is 47.0 Å². The highest BCUT2D eigenvalue weighted by atomic mass is 35.5. The van der Waals surface area contributed by atoms with Crippen LogP contribution >= 0.6 is 35.1 Å². The van der Waals surface area contributed by atoms with Gasteiger partial charge in [0.1, 0.15) is 0 Å². The van der Waals surface area contributed by atoms with Gasteiger partial charge < -0.3 is 5.11 Å². The van der Waals surface area contributed by atoms with E-state index in [4.69, 9.17) is 16.7 Å². The zero-order valence-corrected chi connectivity index (χ0v) is 21.4. The molecule has 0 aliphatic heterocycles. The summed E-state index contributed by atoms with van der Waals surface area (Å²) in [6, 6.07) is 0. The molecule has 0 aromatic heterocycles. The van der Waals surface area contributed by atoms with Gasteiger partial charge in [-0.15, -0.1) is 11.8 Å². The molecule has 6 atom stereocenters. The molecule has 0 unspecified atom stereocenters. The average Bonchev–Trinajstić information content (AvgIpc) is 2.68. The minimum absolute atomic E-state index is 0.207. The smallest absolute Gasteiger partial charge is 0.313 e. The van der Waals surface area contributed by atoms with Crippen molar-refractivity contribution in [3.8, 4) is 0 Å². The summed E-state index contributed by atoms with van der Waals surface area (Å²) in [5.41, 5.74) is 1.10. The van der Waals surface area contributed by atoms with Gasteiger partial charge in [-0.05, 0) is 108 Å². The van der Waals surface area contributed by atoms with Gasteiger partial charge in [0.05, 0.1) is 11.5 Å². The summed E-state index contributed by atoms with van der Waals surface area (Å²) >= 11 is 8.65. The Bertz CT molecular complexity index is 578. The summed E-state index contributed by atoms with van der Waals surface area (Å²) < 4.78 is 0. The topological polar surface area (TPSA) is 54.4 Å². The van der Waals surface area contributed by atoms with Crippen LogP contribution in [0.2, 0.25) is 0 Å². The second kappa shape index (κ2) is 9.95. The zero-order valence-electron chi connectivity index (χ0n) is 19.0. The third-order valence-electron chi connectivity index (χ3n) is 9.11. The minimum Gasteiger partial charge on any atom is -0.481 e. The Kier molecular flexibility index (Phi) is 8.21. The van der Waals surface area contributed by atoms with Gasteiger partial charge in [-0.25, -0.2) is 0 Å². The van der Waals surface area contributed by atoms with Crippen LogP contribution in [0, 0.1) is 46.3 Å². The SMILES string of the molecule is CC1(C)[C@H]2CC[C@@H](CSCC(=O)Cl)[C@@H]1C2.CC1(C)[C@H]2CC[C@@H](CSCC(=O)O)[C@@H]1C2. The number of carboxylic acid groups (broad SMARTS) is 1. The second-order valence-corrected chi connectivity index (χ2v) is 13.7. The molecule has 6 aliphatic rings. The summed E-state index contributed by atoms with van der Waals surface area (Å²) in [6.07, 6.45) is 8.26. The lowest BCUT2D eigenvalue weighted by molar-refractivity contribution is -0.133. The van der Waals surface area contributed by atoms with Gasteiger partial charge in [0.2, 0.25) is 5.24 Å². The maximum absolute atomic E-state index is 10.6. The summed E-state index contributed by atoms with van der Waals surface area (Å²) in [4.78, 5) is 21.1. The Labute approximate surface area is 196 Å². The van der Waals surface area contributed by atoms with Crippen molar-refractivity contribution >= 4 is 46.3 Å². The van der Waals surface area contributed by atoms with Crippen molar-refractivity contribution < 1.29 is 14.7 Å². The molecule has 1 N–H and O–H groups in total. The summed E-state index contributed by atoms with van der Waals surface area (Å²) in [5.74, 6) is 7.52. The Hall–Kier alpha value is 0.130. The first kappa shape index (κ1) is 24.8. The lowest BCUT2D eigenvalue weighted by Crippen LogP contribution is -2.52. The van der Waals surface area contributed by atoms with Crippen molar-refractivity contribution in [2.75, 3.05) is 23.0 Å². The van der Waals surface area contributed by atoms with Gasteiger partial charge in [-0.1, -0.05) is 27.7 Å². The molecule has 0 aromatic carbocycles. The average molecular weight is 475 g/mol. The van der Waals surface area contributed by atoms with Crippen LogP contribution in [0.5, 0.6) is 0 Å². The number of hydrogen-bond acceptors (Lipinski definition) is 4. The Morgan fingerprint density at radius 2 is 1.27 bits per heavy atom. The van der Waals surface area contributed by atoms with E-state index in [0.29, 0.717) is 16.6 Å². The fraction of sp³-hybridized carbons (Fsp3) is 0.917. The van der Waals surface area contributed by atoms with Crippen molar-refractivity contribution in [1.29, 1.82) is 0 Å². The van der Waals surface area contributed by atoms with E-state index in [2.05, 4.69) is 27.7 Å². The van der Waals surface area contributed by atoms with Crippen molar-refractivity contribution in [2.24, 2.45) is 46.3 Å². The van der Waals surface area contributed by atoms with Crippen LogP contribution in [0.15, 0.2) is 0 Å². The van der Waals surface area contributed by atoms with E-state index < -0.39 is 5.97 Å². The van der Waals surface area contributed by atoms with Crippen LogP contribution in [-0.4, -0.2) is 39.3 Å². The zero-order chi connectivity index (χ0) is 22.1. The lowest BCUT2D eigenvalue weighted by atomic mass is 9.46. The molecule has 6 aliphatic carbocycles. The summed E-state index contributed by atoms with van der Waals surface area (Å²) in [6.45, 7) is 9.60. The van der Waals surface area contributed by atoms with Crippen molar-refractivity contribution in [3.63, 3.8) is 0 Å². The third-order valence-corrected chi connectivity index (χ3v) is 11.6. The highest BCUT2D eigenvalue weighted by Crippen LogP contribution is 2.62. The van der Waals surface area contributed by atoms with Crippen molar-refractivity contribution in [3.05, 3.63) is 0 Å². The molecule has 0 radical (unpaired) electrons. The first-order valence-corrected chi connectivity index (χ1v) is 14.3. The van der Waals surface area contributed by atoms with Gasteiger partial charge in [-0.2, -0.15) is 11.8 Å². The van der Waals surface area contributed by atoms with Gasteiger partial charge in [-0.3, -0.25) is 9.59 Å². The van der Waals surface area contributed by atoms with Gasteiger partial charge in [0.25, 0.3) is 0 Å². The van der Waals surface area contributed by atoms with Crippen LogP contribution in [0.25, 0.3) is 0 Å². The van der Waals surface area contributed by atoms with Crippen molar-refractivity contribution in [2.45, 2.75) is 66.2 Å². The molecule has 3 nitrogen and oxygen atoms in total. The molecule has 0 amide bonds. The van der Waals surface area contributed by atoms with Crippen molar-refractivity contribution in [1.82, 2.24) is 0 Å². The molecule has 30 heavy (non-hydrogen) atoms. The first-order chi connectivity index (χ1) is 14.0. The van der Waals surface area contributed by atoms with E-state index >= 15 is 0 Å². The van der Waals surface area contributed by atoms with E-state index in [-0.39, 0.29) is 11.0 Å². The number of rotatable bonds is 8. The third kappa shape index (κ3) is 5.36. The molecule has 4 bridgehead atoms. The summed E-state index contributed by atoms with van der Waals surface area (Å²) in [7, 11) is 0. The summed E-state index contributed by atoms with van der Waals surface area (Å²) in [5, 5.41) is 8.39.